The second kappa shape index (κ2) is 6.93. The molecule has 1 saturated carbocycles. The Morgan fingerprint density at radius 1 is 1.16 bits per heavy atom. The van der Waals surface area contributed by atoms with Gasteiger partial charge in [0.1, 0.15) is 9.84 Å². The van der Waals surface area contributed by atoms with E-state index in [4.69, 9.17) is 0 Å². The number of halogens is 1. The molecular weight excluding hydrogens is 324 g/mol. The van der Waals surface area contributed by atoms with Gasteiger partial charge in [0.05, 0.1) is 5.75 Å². The Bertz CT molecular complexity index is 370. The minimum Gasteiger partial charge on any atom is -0.229 e. The van der Waals surface area contributed by atoms with E-state index in [1.54, 1.807) is 0 Å². The summed E-state index contributed by atoms with van der Waals surface area (Å²) < 4.78 is 23.7. The van der Waals surface area contributed by atoms with Crippen LogP contribution in [-0.4, -0.2) is 24.8 Å². The van der Waals surface area contributed by atoms with Gasteiger partial charge in [0, 0.05) is 10.6 Å². The van der Waals surface area contributed by atoms with Crippen molar-refractivity contribution in [3.05, 3.63) is 0 Å². The largest absolute Gasteiger partial charge is 0.229 e. The van der Waals surface area contributed by atoms with Gasteiger partial charge in [-0.05, 0) is 49.4 Å². The molecule has 0 saturated heterocycles. The third kappa shape index (κ3) is 5.74. The van der Waals surface area contributed by atoms with Crippen LogP contribution in [0.3, 0.4) is 0 Å². The molecule has 3 unspecified atom stereocenters. The lowest BCUT2D eigenvalue weighted by Gasteiger charge is -2.40. The molecule has 0 aliphatic heterocycles. The third-order valence-corrected chi connectivity index (χ3v) is 7.52. The van der Waals surface area contributed by atoms with Gasteiger partial charge >= 0.3 is 0 Å². The third-order valence-electron chi connectivity index (χ3n) is 4.43. The van der Waals surface area contributed by atoms with Crippen LogP contribution in [-0.2, 0) is 9.84 Å². The van der Waals surface area contributed by atoms with Gasteiger partial charge in [-0.25, -0.2) is 8.42 Å². The van der Waals surface area contributed by atoms with Crippen LogP contribution in [0.25, 0.3) is 0 Å². The first-order valence-electron chi connectivity index (χ1n) is 7.50. The van der Waals surface area contributed by atoms with Crippen LogP contribution < -0.4 is 0 Å². The lowest BCUT2D eigenvalue weighted by molar-refractivity contribution is 0.145. The molecule has 0 N–H and O–H groups in total. The van der Waals surface area contributed by atoms with Crippen LogP contribution in [0.1, 0.15) is 59.8 Å². The molecule has 1 fully saturated rings. The van der Waals surface area contributed by atoms with Gasteiger partial charge in [0.2, 0.25) is 0 Å². The van der Waals surface area contributed by atoms with E-state index >= 15 is 0 Å². The molecule has 3 atom stereocenters. The fraction of sp³-hybridized carbons (Fsp3) is 1.00. The summed E-state index contributed by atoms with van der Waals surface area (Å²) in [5.74, 6) is 1.95. The molecule has 0 aromatic heterocycles. The van der Waals surface area contributed by atoms with E-state index in [0.29, 0.717) is 27.7 Å². The summed E-state index contributed by atoms with van der Waals surface area (Å²) in [5.41, 5.74) is 0.341. The predicted octanol–water partition coefficient (Wildman–Crippen LogP) is 4.43. The second-order valence-electron chi connectivity index (χ2n) is 7.09. The average molecular weight is 353 g/mol. The Balaban J connectivity index is 2.56. The van der Waals surface area contributed by atoms with Gasteiger partial charge in [-0.2, -0.15) is 0 Å². The molecule has 0 bridgehead atoms. The Kier molecular flexibility index (Phi) is 6.37. The molecule has 1 aliphatic carbocycles. The Labute approximate surface area is 127 Å². The second-order valence-corrected chi connectivity index (χ2v) is 10.6. The summed E-state index contributed by atoms with van der Waals surface area (Å²) in [6, 6.07) is 0. The lowest BCUT2D eigenvalue weighted by Crippen LogP contribution is -2.33. The fourth-order valence-electron chi connectivity index (χ4n) is 3.06. The lowest BCUT2D eigenvalue weighted by atomic mass is 9.68. The quantitative estimate of drug-likeness (QED) is 0.686. The zero-order valence-electron chi connectivity index (χ0n) is 12.8. The van der Waals surface area contributed by atoms with Crippen LogP contribution in [0.2, 0.25) is 0 Å². The summed E-state index contributed by atoms with van der Waals surface area (Å²) in [6.07, 6.45) is 5.17. The molecule has 114 valence electrons. The summed E-state index contributed by atoms with van der Waals surface area (Å²) >= 11 is 3.76. The molecule has 1 aliphatic rings. The van der Waals surface area contributed by atoms with Crippen LogP contribution >= 0.6 is 15.9 Å². The number of sulfone groups is 1. The summed E-state index contributed by atoms with van der Waals surface area (Å²) in [7, 11) is -2.83. The van der Waals surface area contributed by atoms with Crippen molar-refractivity contribution in [3.8, 4) is 0 Å². The van der Waals surface area contributed by atoms with Gasteiger partial charge in [0.25, 0.3) is 0 Å². The monoisotopic (exact) mass is 352 g/mol. The molecule has 0 spiro atoms. The topological polar surface area (TPSA) is 34.1 Å². The first kappa shape index (κ1) is 17.5. The van der Waals surface area contributed by atoms with E-state index in [1.807, 2.05) is 6.92 Å². The summed E-state index contributed by atoms with van der Waals surface area (Å²) in [4.78, 5) is 0.503. The highest BCUT2D eigenvalue weighted by Gasteiger charge is 2.35. The van der Waals surface area contributed by atoms with Crippen molar-refractivity contribution in [2.75, 3.05) is 11.5 Å². The van der Waals surface area contributed by atoms with E-state index in [1.165, 1.54) is 19.3 Å². The molecule has 19 heavy (non-hydrogen) atoms. The van der Waals surface area contributed by atoms with Gasteiger partial charge in [0.15, 0.2) is 0 Å². The van der Waals surface area contributed by atoms with Crippen molar-refractivity contribution in [1.29, 1.82) is 0 Å². The zero-order chi connectivity index (χ0) is 14.7. The number of hydrogen-bond donors (Lipinski definition) is 0. The molecule has 0 amide bonds. The SMILES string of the molecule is CCCS(=O)(=O)CCC1CC(C(C)(C)C)CCC1Br. The van der Waals surface area contributed by atoms with E-state index < -0.39 is 9.84 Å². The van der Waals surface area contributed by atoms with Crippen molar-refractivity contribution >= 4 is 25.8 Å². The average Bonchev–Trinajstić information content (AvgIpc) is 2.26. The Hall–Kier alpha value is 0.430. The highest BCUT2D eigenvalue weighted by molar-refractivity contribution is 9.09. The van der Waals surface area contributed by atoms with Gasteiger partial charge in [-0.1, -0.05) is 43.6 Å². The van der Waals surface area contributed by atoms with Crippen molar-refractivity contribution in [3.63, 3.8) is 0 Å². The smallest absolute Gasteiger partial charge is 0.150 e. The Morgan fingerprint density at radius 3 is 2.32 bits per heavy atom. The van der Waals surface area contributed by atoms with Crippen molar-refractivity contribution in [2.45, 2.75) is 64.6 Å². The van der Waals surface area contributed by atoms with Crippen molar-refractivity contribution < 1.29 is 8.42 Å². The minimum atomic E-state index is -2.83. The maximum absolute atomic E-state index is 11.8. The highest BCUT2D eigenvalue weighted by Crippen LogP contribution is 2.43. The van der Waals surface area contributed by atoms with E-state index in [9.17, 15) is 8.42 Å². The molecule has 4 heteroatoms. The standard InChI is InChI=1S/C15H29BrO2S/c1-5-9-19(17,18)10-8-12-11-13(15(2,3)4)6-7-14(12)16/h12-14H,5-11H2,1-4H3. The number of rotatable bonds is 5. The van der Waals surface area contributed by atoms with Crippen molar-refractivity contribution in [1.82, 2.24) is 0 Å². The van der Waals surface area contributed by atoms with Crippen LogP contribution in [0.15, 0.2) is 0 Å². The van der Waals surface area contributed by atoms with E-state index in [2.05, 4.69) is 36.7 Å². The molecule has 0 radical (unpaired) electrons. The molecule has 2 nitrogen and oxygen atoms in total. The maximum Gasteiger partial charge on any atom is 0.150 e. The van der Waals surface area contributed by atoms with E-state index in [-0.39, 0.29) is 0 Å². The maximum atomic E-state index is 11.8. The summed E-state index contributed by atoms with van der Waals surface area (Å²) in [5, 5.41) is 0. The number of alkyl halides is 1. The normalized spacial score (nSPS) is 29.4. The molecule has 0 aromatic carbocycles. The van der Waals surface area contributed by atoms with Gasteiger partial charge in [-0.3, -0.25) is 0 Å². The molecular formula is C15H29BrO2S. The van der Waals surface area contributed by atoms with E-state index in [0.717, 1.165) is 18.8 Å². The first-order chi connectivity index (χ1) is 8.65. The highest BCUT2D eigenvalue weighted by atomic mass is 79.9. The molecule has 0 heterocycles. The summed E-state index contributed by atoms with van der Waals surface area (Å²) in [6.45, 7) is 8.84. The van der Waals surface area contributed by atoms with Gasteiger partial charge in [-0.15, -0.1) is 0 Å². The van der Waals surface area contributed by atoms with Crippen LogP contribution in [0.5, 0.6) is 0 Å². The molecule has 1 rings (SSSR count). The number of hydrogen-bond acceptors (Lipinski definition) is 2. The first-order valence-corrected chi connectivity index (χ1v) is 10.2. The van der Waals surface area contributed by atoms with Crippen molar-refractivity contribution in [2.24, 2.45) is 17.3 Å². The minimum absolute atomic E-state index is 0.341. The molecule has 0 aromatic rings. The van der Waals surface area contributed by atoms with Crippen LogP contribution in [0.4, 0.5) is 0 Å². The zero-order valence-corrected chi connectivity index (χ0v) is 15.2. The Morgan fingerprint density at radius 2 is 1.79 bits per heavy atom. The van der Waals surface area contributed by atoms with Gasteiger partial charge < -0.3 is 0 Å². The van der Waals surface area contributed by atoms with Crippen LogP contribution in [0, 0.1) is 17.3 Å². The predicted molar refractivity (Wildman–Crippen MR) is 86.6 cm³/mol. The fourth-order valence-corrected chi connectivity index (χ4v) is 5.29.